The molecule has 12 heteroatoms. The molecule has 0 unspecified atom stereocenters. The molecule has 3 N–H and O–H groups in total. The molecule has 1 aliphatic heterocycles. The molecule has 2 aliphatic carbocycles. The minimum absolute atomic E-state index is 0.0793. The Balaban J connectivity index is 0.000000541. The van der Waals surface area contributed by atoms with Gasteiger partial charge in [0.1, 0.15) is 0 Å². The molecule has 1 heterocycles. The van der Waals surface area contributed by atoms with Gasteiger partial charge >= 0.3 is 18.2 Å². The number of hydrogen-bond donors (Lipinski definition) is 3. The van der Waals surface area contributed by atoms with Crippen molar-refractivity contribution in [1.29, 1.82) is 0 Å². The van der Waals surface area contributed by atoms with E-state index >= 15 is 0 Å². The summed E-state index contributed by atoms with van der Waals surface area (Å²) in [6.07, 6.45) is 5.66. The largest absolute Gasteiger partial charge is 0.493 e. The number of alkyl halides is 3. The van der Waals surface area contributed by atoms with Gasteiger partial charge in [-0.25, -0.2) is 9.59 Å². The summed E-state index contributed by atoms with van der Waals surface area (Å²) in [4.78, 5) is 24.6. The van der Waals surface area contributed by atoms with Crippen molar-refractivity contribution in [3.8, 4) is 11.5 Å². The summed E-state index contributed by atoms with van der Waals surface area (Å²) < 4.78 is 43.9. The van der Waals surface area contributed by atoms with Gasteiger partial charge in [0.05, 0.1) is 14.2 Å². The maximum Gasteiger partial charge on any atom is 0.490 e. The molecular weight excluding hydrogens is 631 g/mol. The van der Waals surface area contributed by atoms with Crippen LogP contribution in [0.5, 0.6) is 11.5 Å². The van der Waals surface area contributed by atoms with Crippen molar-refractivity contribution < 1.29 is 37.3 Å². The molecule has 2 aromatic rings. The second-order valence-corrected chi connectivity index (χ2v) is 12.3. The number of carboxylic acids is 1. The van der Waals surface area contributed by atoms with E-state index in [0.717, 1.165) is 53.9 Å². The number of fused-ring (bicyclic) bond motifs is 1. The van der Waals surface area contributed by atoms with E-state index in [1.807, 2.05) is 24.3 Å². The average molecular weight is 671 g/mol. The van der Waals surface area contributed by atoms with Crippen molar-refractivity contribution in [2.75, 3.05) is 26.1 Å². The van der Waals surface area contributed by atoms with E-state index in [1.54, 1.807) is 14.2 Å². The predicted molar refractivity (Wildman–Crippen MR) is 161 cm³/mol. The maximum atomic E-state index is 12.9. The number of rotatable bonds is 6. The lowest BCUT2D eigenvalue weighted by Gasteiger charge is -2.47. The molecule has 8 nitrogen and oxygen atoms in total. The number of likely N-dealkylation sites (tertiary alicyclic amines) is 1. The summed E-state index contributed by atoms with van der Waals surface area (Å²) in [6, 6.07) is 15.3. The van der Waals surface area contributed by atoms with Crippen LogP contribution in [0.1, 0.15) is 63.4 Å². The van der Waals surface area contributed by atoms with Crippen LogP contribution in [-0.2, 0) is 10.2 Å². The van der Waals surface area contributed by atoms with Crippen LogP contribution < -0.4 is 20.1 Å². The summed E-state index contributed by atoms with van der Waals surface area (Å²) in [5.74, 6) is -1.18. The van der Waals surface area contributed by atoms with Crippen LogP contribution in [0, 0.1) is 0 Å². The number of anilines is 1. The Hall–Kier alpha value is -2.99. The molecule has 2 saturated carbocycles. The van der Waals surface area contributed by atoms with Crippen LogP contribution in [0.3, 0.4) is 0 Å². The van der Waals surface area contributed by atoms with Crippen LogP contribution in [0.25, 0.3) is 0 Å². The molecule has 3 atom stereocenters. The zero-order chi connectivity index (χ0) is 31.2. The van der Waals surface area contributed by atoms with Crippen molar-refractivity contribution >= 4 is 33.6 Å². The van der Waals surface area contributed by atoms with Gasteiger partial charge in [0.2, 0.25) is 0 Å². The zero-order valence-electron chi connectivity index (χ0n) is 24.4. The SMILES string of the molecule is COc1ccc([C@@]23CC[C@@H](NC(=O)Nc4cccc(Br)c4)C[C@@H]2N(C2CCCCC2)CC3)cc1OC.O=C(O)C(F)(F)F. The number of halogens is 4. The molecule has 0 radical (unpaired) electrons. The van der Waals surface area contributed by atoms with Crippen molar-refractivity contribution in [1.82, 2.24) is 10.2 Å². The van der Waals surface area contributed by atoms with E-state index in [2.05, 4.69) is 49.7 Å². The number of carboxylic acid groups (broad SMARTS) is 1. The summed E-state index contributed by atoms with van der Waals surface area (Å²) in [5, 5.41) is 13.4. The number of urea groups is 1. The molecule has 2 aromatic carbocycles. The Morgan fingerprint density at radius 1 is 1.00 bits per heavy atom. The molecule has 3 fully saturated rings. The molecule has 236 valence electrons. The molecule has 0 bridgehead atoms. The number of benzene rings is 2. The third kappa shape index (κ3) is 7.94. The molecule has 3 aliphatic rings. The lowest BCUT2D eigenvalue weighted by Crippen LogP contribution is -2.55. The van der Waals surface area contributed by atoms with E-state index < -0.39 is 12.1 Å². The zero-order valence-corrected chi connectivity index (χ0v) is 26.0. The number of aliphatic carboxylic acids is 1. The lowest BCUT2D eigenvalue weighted by atomic mass is 9.64. The molecule has 0 spiro atoms. The Bertz CT molecular complexity index is 1270. The second-order valence-electron chi connectivity index (χ2n) is 11.4. The summed E-state index contributed by atoms with van der Waals surface area (Å²) in [7, 11) is 3.40. The van der Waals surface area contributed by atoms with Crippen LogP contribution >= 0.6 is 15.9 Å². The van der Waals surface area contributed by atoms with Gasteiger partial charge in [0.25, 0.3) is 0 Å². The number of hydrogen-bond acceptors (Lipinski definition) is 5. The van der Waals surface area contributed by atoms with Crippen molar-refractivity contribution in [3.05, 3.63) is 52.5 Å². The smallest absolute Gasteiger partial charge is 0.490 e. The highest BCUT2D eigenvalue weighted by Crippen LogP contribution is 2.51. The van der Waals surface area contributed by atoms with E-state index in [-0.39, 0.29) is 17.5 Å². The Morgan fingerprint density at radius 2 is 1.70 bits per heavy atom. The fraction of sp³-hybridized carbons (Fsp3) is 0.548. The van der Waals surface area contributed by atoms with Crippen LogP contribution in [0.15, 0.2) is 46.9 Å². The first-order valence-electron chi connectivity index (χ1n) is 14.6. The topological polar surface area (TPSA) is 100 Å². The highest BCUT2D eigenvalue weighted by atomic mass is 79.9. The van der Waals surface area contributed by atoms with Crippen molar-refractivity contribution in [3.63, 3.8) is 0 Å². The van der Waals surface area contributed by atoms with Crippen molar-refractivity contribution in [2.24, 2.45) is 0 Å². The van der Waals surface area contributed by atoms with Gasteiger partial charge in [-0.05, 0) is 81.0 Å². The van der Waals surface area contributed by atoms with Gasteiger partial charge in [-0.15, -0.1) is 0 Å². The molecular formula is C31H39BrF3N3O5. The Morgan fingerprint density at radius 3 is 2.33 bits per heavy atom. The molecule has 43 heavy (non-hydrogen) atoms. The van der Waals surface area contributed by atoms with Gasteiger partial charge < -0.3 is 25.2 Å². The first-order chi connectivity index (χ1) is 20.5. The number of carbonyl (C=O) groups excluding carboxylic acids is 1. The number of ether oxygens (including phenoxy) is 2. The minimum Gasteiger partial charge on any atom is -0.493 e. The Kier molecular flexibility index (Phi) is 10.9. The monoisotopic (exact) mass is 669 g/mol. The van der Waals surface area contributed by atoms with Crippen LogP contribution in [0.4, 0.5) is 23.7 Å². The van der Waals surface area contributed by atoms with E-state index in [4.69, 9.17) is 19.4 Å². The number of nitrogens with zero attached hydrogens (tertiary/aromatic N) is 1. The second kappa shape index (κ2) is 14.2. The van der Waals surface area contributed by atoms with Crippen LogP contribution in [-0.4, -0.2) is 67.1 Å². The minimum atomic E-state index is -5.08. The number of methoxy groups -OCH3 is 2. The van der Waals surface area contributed by atoms with E-state index in [0.29, 0.717) is 12.1 Å². The normalized spacial score (nSPS) is 24.2. The standard InChI is InChI=1S/C29H38BrN3O3.C2HF3O2/c1-35-25-12-11-20(17-26(25)36-2)29-14-13-23(32-28(34)31-22-8-6-7-21(30)18-22)19-27(29)33(16-15-29)24-9-4-3-5-10-24;3-2(4,5)1(6)7/h6-8,11-12,17-18,23-24,27H,3-5,9-10,13-16,19H2,1-2H3,(H2,31,32,34);(H,6,7)/t23-,27+,29+;/m1./s1. The first kappa shape index (κ1) is 32.9. The molecule has 1 saturated heterocycles. The summed E-state index contributed by atoms with van der Waals surface area (Å²) in [5.41, 5.74) is 2.22. The third-order valence-corrected chi connectivity index (χ3v) is 9.46. The van der Waals surface area contributed by atoms with Gasteiger partial charge in [0, 0.05) is 33.7 Å². The molecule has 5 rings (SSSR count). The van der Waals surface area contributed by atoms with Gasteiger partial charge in [0.15, 0.2) is 11.5 Å². The van der Waals surface area contributed by atoms with Gasteiger partial charge in [-0.3, -0.25) is 4.90 Å². The highest BCUT2D eigenvalue weighted by molar-refractivity contribution is 9.10. The van der Waals surface area contributed by atoms with Crippen molar-refractivity contribution in [2.45, 2.75) is 87.5 Å². The Labute approximate surface area is 258 Å². The van der Waals surface area contributed by atoms with Gasteiger partial charge in [-0.1, -0.05) is 47.3 Å². The number of amides is 2. The maximum absolute atomic E-state index is 12.9. The van der Waals surface area contributed by atoms with E-state index in [1.165, 1.54) is 37.7 Å². The average Bonchev–Trinajstić information content (AvgIpc) is 3.37. The lowest BCUT2D eigenvalue weighted by molar-refractivity contribution is -0.192. The highest BCUT2D eigenvalue weighted by Gasteiger charge is 2.53. The van der Waals surface area contributed by atoms with Crippen LogP contribution in [0.2, 0.25) is 0 Å². The summed E-state index contributed by atoms with van der Waals surface area (Å²) >= 11 is 3.48. The summed E-state index contributed by atoms with van der Waals surface area (Å²) in [6.45, 7) is 1.13. The third-order valence-electron chi connectivity index (χ3n) is 8.96. The predicted octanol–water partition coefficient (Wildman–Crippen LogP) is 7.12. The fourth-order valence-corrected chi connectivity index (χ4v) is 7.37. The molecule has 0 aromatic heterocycles. The van der Waals surface area contributed by atoms with Gasteiger partial charge in [-0.2, -0.15) is 13.2 Å². The molecule has 2 amide bonds. The number of carbonyl (C=O) groups is 2. The quantitative estimate of drug-likeness (QED) is 0.303. The van der Waals surface area contributed by atoms with E-state index in [9.17, 15) is 18.0 Å². The first-order valence-corrected chi connectivity index (χ1v) is 15.4. The number of nitrogens with one attached hydrogen (secondary N) is 2. The fourth-order valence-electron chi connectivity index (χ4n) is 6.97.